The predicted molar refractivity (Wildman–Crippen MR) is 366 cm³/mol. The van der Waals surface area contributed by atoms with Crippen LogP contribution in [0, 0.1) is 0 Å². The number of unbranched alkanes of at least 4 members (excludes halogenated alkanes) is 56. The fourth-order valence-electron chi connectivity index (χ4n) is 11.9. The van der Waals surface area contributed by atoms with Crippen molar-refractivity contribution < 1.29 is 24.5 Å². The molecule has 0 rings (SSSR count). The van der Waals surface area contributed by atoms with Gasteiger partial charge in [-0.15, -0.1) is 0 Å². The normalized spacial score (nSPS) is 12.7. The van der Waals surface area contributed by atoms with Gasteiger partial charge in [-0.2, -0.15) is 0 Å². The average Bonchev–Trinajstić information content (AvgIpc) is 3.49. The smallest absolute Gasteiger partial charge is 0.305 e. The number of amides is 1. The largest absolute Gasteiger partial charge is 0.466 e. The van der Waals surface area contributed by atoms with E-state index in [2.05, 4.69) is 43.5 Å². The van der Waals surface area contributed by atoms with Gasteiger partial charge in [0.05, 0.1) is 25.4 Å². The summed E-state index contributed by atoms with van der Waals surface area (Å²) >= 11 is 0. The predicted octanol–water partition coefficient (Wildman–Crippen LogP) is 24.7. The lowest BCUT2D eigenvalue weighted by molar-refractivity contribution is -0.143. The molecule has 0 aromatic heterocycles. The van der Waals surface area contributed by atoms with E-state index in [1.54, 1.807) is 6.08 Å². The molecule has 1 amide bonds. The molecule has 6 nitrogen and oxygen atoms in total. The Balaban J connectivity index is 3.37. The average molecular weight is 1170 g/mol. The van der Waals surface area contributed by atoms with Crippen LogP contribution in [0.25, 0.3) is 0 Å². The molecular formula is C77H147NO5. The first-order valence-electron chi connectivity index (χ1n) is 37.8. The molecule has 0 fully saturated rings. The summed E-state index contributed by atoms with van der Waals surface area (Å²) in [5.74, 6) is -0.0478. The van der Waals surface area contributed by atoms with Gasteiger partial charge in [-0.3, -0.25) is 9.59 Å². The second kappa shape index (κ2) is 72.6. The summed E-state index contributed by atoms with van der Waals surface area (Å²) in [7, 11) is 0. The van der Waals surface area contributed by atoms with E-state index in [4.69, 9.17) is 4.74 Å². The van der Waals surface area contributed by atoms with Crippen LogP contribution in [0.15, 0.2) is 36.5 Å². The van der Waals surface area contributed by atoms with E-state index >= 15 is 0 Å². The molecule has 490 valence electrons. The summed E-state index contributed by atoms with van der Waals surface area (Å²) < 4.78 is 5.51. The Bertz CT molecular complexity index is 1340. The molecule has 0 heterocycles. The maximum absolute atomic E-state index is 12.5. The van der Waals surface area contributed by atoms with Gasteiger partial charge >= 0.3 is 5.97 Å². The van der Waals surface area contributed by atoms with E-state index in [-0.39, 0.29) is 18.5 Å². The topological polar surface area (TPSA) is 95.9 Å². The lowest BCUT2D eigenvalue weighted by Crippen LogP contribution is -2.45. The zero-order valence-corrected chi connectivity index (χ0v) is 56.2. The van der Waals surface area contributed by atoms with Gasteiger partial charge in [0.1, 0.15) is 0 Å². The van der Waals surface area contributed by atoms with Crippen LogP contribution in [0.4, 0.5) is 0 Å². The quantitative estimate of drug-likeness (QED) is 0.0320. The van der Waals surface area contributed by atoms with E-state index in [1.165, 1.54) is 340 Å². The fraction of sp³-hybridized carbons (Fsp3) is 0.896. The maximum Gasteiger partial charge on any atom is 0.305 e. The van der Waals surface area contributed by atoms with Gasteiger partial charge in [0.15, 0.2) is 0 Å². The molecule has 0 radical (unpaired) electrons. The second-order valence-electron chi connectivity index (χ2n) is 26.0. The Labute approximate surface area is 519 Å². The third-order valence-electron chi connectivity index (χ3n) is 17.7. The Morgan fingerprint density at radius 2 is 0.602 bits per heavy atom. The van der Waals surface area contributed by atoms with E-state index < -0.39 is 12.1 Å². The number of rotatable bonds is 71. The van der Waals surface area contributed by atoms with Crippen molar-refractivity contribution >= 4 is 11.9 Å². The number of esters is 1. The minimum Gasteiger partial charge on any atom is -0.466 e. The standard InChI is InChI=1S/C77H147NO5/c1-3-5-7-9-11-13-15-17-19-21-23-30-34-37-41-45-49-53-57-61-65-69-75(80)74(73-79)78-76(81)70-66-62-58-54-50-46-42-38-35-31-28-26-24-25-27-29-32-36-40-44-48-52-56-60-64-68-72-83-77(82)71-67-63-59-55-51-47-43-39-33-22-20-18-16-14-12-10-8-6-4-2/h12,14,18,20,65,69,74-75,79-80H,3-11,13,15-17,19,21-64,66-68,70-73H2,1-2H3,(H,78,81)/b14-12-,20-18-,69-65+. The van der Waals surface area contributed by atoms with Crippen molar-refractivity contribution in [3.63, 3.8) is 0 Å². The van der Waals surface area contributed by atoms with Crippen LogP contribution in [0.1, 0.15) is 418 Å². The summed E-state index contributed by atoms with van der Waals surface area (Å²) in [6, 6.07) is -0.627. The van der Waals surface area contributed by atoms with Crippen molar-refractivity contribution in [2.75, 3.05) is 13.2 Å². The highest BCUT2D eigenvalue weighted by Gasteiger charge is 2.18. The minimum atomic E-state index is -0.844. The van der Waals surface area contributed by atoms with Crippen molar-refractivity contribution in [2.45, 2.75) is 431 Å². The summed E-state index contributed by atoms with van der Waals surface area (Å²) in [6.45, 7) is 4.92. The Morgan fingerprint density at radius 3 is 0.940 bits per heavy atom. The molecule has 2 unspecified atom stereocenters. The molecule has 3 N–H and O–H groups in total. The Hall–Kier alpha value is -1.92. The van der Waals surface area contributed by atoms with Crippen LogP contribution in [0.5, 0.6) is 0 Å². The highest BCUT2D eigenvalue weighted by molar-refractivity contribution is 5.76. The molecule has 0 aromatic carbocycles. The number of hydrogen-bond acceptors (Lipinski definition) is 5. The number of aliphatic hydroxyl groups excluding tert-OH is 2. The van der Waals surface area contributed by atoms with Crippen LogP contribution in [-0.4, -0.2) is 47.4 Å². The van der Waals surface area contributed by atoms with Gasteiger partial charge in [0.2, 0.25) is 5.91 Å². The molecule has 0 saturated heterocycles. The number of allylic oxidation sites excluding steroid dienone is 5. The lowest BCUT2D eigenvalue weighted by atomic mass is 10.0. The molecule has 0 aliphatic carbocycles. The number of ether oxygens (including phenoxy) is 1. The van der Waals surface area contributed by atoms with Gasteiger partial charge < -0.3 is 20.3 Å². The van der Waals surface area contributed by atoms with Crippen LogP contribution in [0.3, 0.4) is 0 Å². The van der Waals surface area contributed by atoms with Gasteiger partial charge in [0, 0.05) is 12.8 Å². The molecule has 6 heteroatoms. The highest BCUT2D eigenvalue weighted by atomic mass is 16.5. The zero-order valence-electron chi connectivity index (χ0n) is 56.2. The molecule has 2 atom stereocenters. The molecule has 0 saturated carbocycles. The van der Waals surface area contributed by atoms with E-state index in [0.29, 0.717) is 19.4 Å². The van der Waals surface area contributed by atoms with Crippen LogP contribution >= 0.6 is 0 Å². The molecule has 0 aliphatic rings. The van der Waals surface area contributed by atoms with Gasteiger partial charge in [-0.25, -0.2) is 0 Å². The third kappa shape index (κ3) is 69.1. The summed E-state index contributed by atoms with van der Waals surface area (Å²) in [4.78, 5) is 24.7. The van der Waals surface area contributed by atoms with Crippen LogP contribution < -0.4 is 5.32 Å². The second-order valence-corrected chi connectivity index (χ2v) is 26.0. The molecule has 0 aliphatic heterocycles. The first kappa shape index (κ1) is 81.1. The zero-order chi connectivity index (χ0) is 59.9. The Morgan fingerprint density at radius 1 is 0.337 bits per heavy atom. The first-order chi connectivity index (χ1) is 41.0. The van der Waals surface area contributed by atoms with Crippen molar-refractivity contribution in [2.24, 2.45) is 0 Å². The van der Waals surface area contributed by atoms with Crippen LogP contribution in [-0.2, 0) is 14.3 Å². The fourth-order valence-corrected chi connectivity index (χ4v) is 11.9. The lowest BCUT2D eigenvalue weighted by Gasteiger charge is -2.20. The maximum atomic E-state index is 12.5. The first-order valence-corrected chi connectivity index (χ1v) is 37.8. The number of hydrogen-bond donors (Lipinski definition) is 3. The van der Waals surface area contributed by atoms with E-state index in [9.17, 15) is 19.8 Å². The summed E-state index contributed by atoms with van der Waals surface area (Å²) in [6.07, 6.45) is 93.8. The molecule has 83 heavy (non-hydrogen) atoms. The molecular weight excluding hydrogens is 1020 g/mol. The van der Waals surface area contributed by atoms with Crippen molar-refractivity contribution in [1.29, 1.82) is 0 Å². The monoisotopic (exact) mass is 1170 g/mol. The number of aliphatic hydroxyl groups is 2. The molecule has 0 bridgehead atoms. The number of nitrogens with one attached hydrogen (secondary N) is 1. The van der Waals surface area contributed by atoms with Crippen molar-refractivity contribution in [3.05, 3.63) is 36.5 Å². The summed E-state index contributed by atoms with van der Waals surface area (Å²) in [5.41, 5.74) is 0. The SMILES string of the molecule is CCCCC/C=C\C/C=C\CCCCCCCCCCCC(=O)OCCCCCCCCCCCCCCCCCCCCCCCCCCCCC(=O)NC(CO)C(O)/C=C/CCCCCCCCCCCCCCCCCCCCC. The van der Waals surface area contributed by atoms with Gasteiger partial charge in [0.25, 0.3) is 0 Å². The van der Waals surface area contributed by atoms with Gasteiger partial charge in [-0.05, 0) is 64.2 Å². The number of carbonyl (C=O) groups is 2. The van der Waals surface area contributed by atoms with Crippen molar-refractivity contribution in [3.8, 4) is 0 Å². The van der Waals surface area contributed by atoms with E-state index in [1.807, 2.05) is 6.08 Å². The highest BCUT2D eigenvalue weighted by Crippen LogP contribution is 2.19. The van der Waals surface area contributed by atoms with Crippen LogP contribution in [0.2, 0.25) is 0 Å². The molecule has 0 aromatic rings. The van der Waals surface area contributed by atoms with Gasteiger partial charge in [-0.1, -0.05) is 378 Å². The van der Waals surface area contributed by atoms with Crippen molar-refractivity contribution in [1.82, 2.24) is 5.32 Å². The van der Waals surface area contributed by atoms with E-state index in [0.717, 1.165) is 51.4 Å². The molecule has 0 spiro atoms. The number of carbonyl (C=O) groups excluding carboxylic acids is 2. The minimum absolute atomic E-state index is 0.0138. The Kier molecular flexibility index (Phi) is 70.9. The summed E-state index contributed by atoms with van der Waals surface area (Å²) in [5, 5.41) is 23.3. The third-order valence-corrected chi connectivity index (χ3v) is 17.7.